The Kier molecular flexibility index (Phi) is 5.38. The monoisotopic (exact) mass is 422 g/mol. The van der Waals surface area contributed by atoms with Crippen LogP contribution in [-0.4, -0.2) is 35.5 Å². The van der Waals surface area contributed by atoms with E-state index in [1.807, 2.05) is 16.3 Å². The van der Waals surface area contributed by atoms with Crippen molar-refractivity contribution in [2.45, 2.75) is 50.9 Å². The molecule has 1 saturated carbocycles. The van der Waals surface area contributed by atoms with Crippen molar-refractivity contribution in [1.29, 1.82) is 0 Å². The van der Waals surface area contributed by atoms with Gasteiger partial charge in [0.05, 0.1) is 4.88 Å². The molecule has 1 fully saturated rings. The largest absolute Gasteiger partial charge is 0.405 e. The number of aryl methyl sites for hydroxylation is 2. The number of nitrogens with zero attached hydrogens (tertiary/aromatic N) is 1. The van der Waals surface area contributed by atoms with Crippen LogP contribution in [0.4, 0.5) is 13.2 Å². The minimum atomic E-state index is -4.44. The first-order chi connectivity index (χ1) is 13.8. The van der Waals surface area contributed by atoms with Gasteiger partial charge in [-0.2, -0.15) is 13.2 Å². The number of rotatable bonds is 6. The molecule has 0 atom stereocenters. The number of thiophene rings is 1. The highest BCUT2D eigenvalue weighted by atomic mass is 32.1. The van der Waals surface area contributed by atoms with E-state index in [1.165, 1.54) is 22.6 Å². The van der Waals surface area contributed by atoms with Gasteiger partial charge >= 0.3 is 6.18 Å². The van der Waals surface area contributed by atoms with Gasteiger partial charge in [0.25, 0.3) is 11.8 Å². The maximum Gasteiger partial charge on any atom is 0.405 e. The van der Waals surface area contributed by atoms with Crippen LogP contribution >= 0.6 is 11.3 Å². The van der Waals surface area contributed by atoms with Crippen LogP contribution in [0.5, 0.6) is 0 Å². The minimum Gasteiger partial charge on any atom is -0.343 e. The van der Waals surface area contributed by atoms with Crippen LogP contribution in [0.1, 0.15) is 55.3 Å². The van der Waals surface area contributed by atoms with E-state index in [0.717, 1.165) is 42.5 Å². The Labute approximate surface area is 170 Å². The van der Waals surface area contributed by atoms with E-state index < -0.39 is 18.6 Å². The molecule has 4 nitrogen and oxygen atoms in total. The van der Waals surface area contributed by atoms with Gasteiger partial charge in [-0.05, 0) is 61.4 Å². The molecule has 154 valence electrons. The summed E-state index contributed by atoms with van der Waals surface area (Å²) in [6.45, 7) is -0.932. The van der Waals surface area contributed by atoms with Crippen LogP contribution in [0.2, 0.25) is 0 Å². The second-order valence-electron chi connectivity index (χ2n) is 7.57. The lowest BCUT2D eigenvalue weighted by atomic mass is 10.1. The number of hydrogen-bond acceptors (Lipinski definition) is 3. The van der Waals surface area contributed by atoms with Gasteiger partial charge in [0, 0.05) is 23.0 Å². The number of fused-ring (bicyclic) bond motifs is 1. The topological polar surface area (TPSA) is 49.4 Å². The van der Waals surface area contributed by atoms with Crippen molar-refractivity contribution in [3.63, 3.8) is 0 Å². The van der Waals surface area contributed by atoms with Crippen molar-refractivity contribution >= 4 is 23.2 Å². The molecule has 0 radical (unpaired) electrons. The number of nitrogens with one attached hydrogen (secondary N) is 1. The van der Waals surface area contributed by atoms with Crippen molar-refractivity contribution in [2.75, 3.05) is 6.54 Å². The average Bonchev–Trinajstić information content (AvgIpc) is 3.29. The third kappa shape index (κ3) is 4.80. The molecule has 8 heteroatoms. The molecule has 0 bridgehead atoms. The lowest BCUT2D eigenvalue weighted by Crippen LogP contribution is -2.33. The predicted molar refractivity (Wildman–Crippen MR) is 104 cm³/mol. The molecule has 0 aliphatic heterocycles. The van der Waals surface area contributed by atoms with E-state index in [9.17, 15) is 22.8 Å². The molecule has 2 amide bonds. The standard InChI is InChI=1S/C21H21F3N2O2S/c22-21(23,24)12-25-19(27)14-6-4-13(5-7-14)11-26(16-8-9-16)20(28)18-10-15-2-1-3-17(15)29-18/h4-7,10,16H,1-3,8-9,11-12H2,(H,25,27). The van der Waals surface area contributed by atoms with E-state index in [2.05, 4.69) is 0 Å². The Balaban J connectivity index is 1.42. The fourth-order valence-corrected chi connectivity index (χ4v) is 4.78. The van der Waals surface area contributed by atoms with E-state index in [-0.39, 0.29) is 17.5 Å². The van der Waals surface area contributed by atoms with Gasteiger partial charge in [0.15, 0.2) is 0 Å². The second kappa shape index (κ2) is 7.82. The van der Waals surface area contributed by atoms with Crippen LogP contribution in [0, 0.1) is 0 Å². The Bertz CT molecular complexity index is 895. The molecule has 2 aromatic rings. The van der Waals surface area contributed by atoms with Crippen LogP contribution in [0.15, 0.2) is 30.3 Å². The fraction of sp³-hybridized carbons (Fsp3) is 0.429. The van der Waals surface area contributed by atoms with Crippen molar-refractivity contribution in [3.8, 4) is 0 Å². The summed E-state index contributed by atoms with van der Waals surface area (Å²) < 4.78 is 36.7. The first-order valence-electron chi connectivity index (χ1n) is 9.66. The lowest BCUT2D eigenvalue weighted by Gasteiger charge is -2.22. The van der Waals surface area contributed by atoms with Gasteiger partial charge in [-0.1, -0.05) is 12.1 Å². The zero-order valence-corrected chi connectivity index (χ0v) is 16.5. The number of amides is 2. The SMILES string of the molecule is O=C(NCC(F)(F)F)c1ccc(CN(C(=O)c2cc3c(s2)CCC3)C2CC2)cc1. The van der Waals surface area contributed by atoms with Gasteiger partial charge in [-0.3, -0.25) is 9.59 Å². The fourth-order valence-electron chi connectivity index (χ4n) is 3.57. The third-order valence-corrected chi connectivity index (χ3v) is 6.45. The Hall–Kier alpha value is -2.35. The molecule has 29 heavy (non-hydrogen) atoms. The quantitative estimate of drug-likeness (QED) is 0.753. The number of carbonyl (C=O) groups excluding carboxylic acids is 2. The molecule has 0 spiro atoms. The first-order valence-corrected chi connectivity index (χ1v) is 10.5. The summed E-state index contributed by atoms with van der Waals surface area (Å²) in [6, 6.07) is 8.64. The second-order valence-corrected chi connectivity index (χ2v) is 8.71. The van der Waals surface area contributed by atoms with Crippen LogP contribution < -0.4 is 5.32 Å². The molecular formula is C21H21F3N2O2S. The molecule has 0 unspecified atom stereocenters. The maximum atomic E-state index is 13.1. The molecule has 2 aliphatic carbocycles. The van der Waals surface area contributed by atoms with E-state index >= 15 is 0 Å². The summed E-state index contributed by atoms with van der Waals surface area (Å²) in [6.07, 6.45) is 0.770. The number of alkyl halides is 3. The highest BCUT2D eigenvalue weighted by Gasteiger charge is 2.34. The lowest BCUT2D eigenvalue weighted by molar-refractivity contribution is -0.123. The number of benzene rings is 1. The van der Waals surface area contributed by atoms with E-state index in [4.69, 9.17) is 0 Å². The molecule has 4 rings (SSSR count). The summed E-state index contributed by atoms with van der Waals surface area (Å²) in [5.41, 5.74) is 2.31. The molecule has 1 N–H and O–H groups in total. The summed E-state index contributed by atoms with van der Waals surface area (Å²) in [7, 11) is 0. The summed E-state index contributed by atoms with van der Waals surface area (Å²) in [5, 5.41) is 1.86. The maximum absolute atomic E-state index is 13.1. The summed E-state index contributed by atoms with van der Waals surface area (Å²) >= 11 is 1.59. The van der Waals surface area contributed by atoms with Crippen molar-refractivity contribution < 1.29 is 22.8 Å². The first kappa shape index (κ1) is 19.9. The zero-order chi connectivity index (χ0) is 20.6. The Morgan fingerprint density at radius 3 is 2.48 bits per heavy atom. The van der Waals surface area contributed by atoms with Gasteiger partial charge in [0.1, 0.15) is 6.54 Å². The number of halogens is 3. The molecule has 1 aromatic heterocycles. The number of carbonyl (C=O) groups is 2. The van der Waals surface area contributed by atoms with Crippen molar-refractivity contribution in [1.82, 2.24) is 10.2 Å². The Morgan fingerprint density at radius 2 is 1.86 bits per heavy atom. The molecule has 0 saturated heterocycles. The van der Waals surface area contributed by atoms with Crippen molar-refractivity contribution in [2.24, 2.45) is 0 Å². The number of hydrogen-bond donors (Lipinski definition) is 1. The normalized spacial score (nSPS) is 15.8. The highest BCUT2D eigenvalue weighted by Crippen LogP contribution is 2.35. The van der Waals surface area contributed by atoms with Crippen molar-refractivity contribution in [3.05, 3.63) is 56.8 Å². The van der Waals surface area contributed by atoms with Gasteiger partial charge < -0.3 is 10.2 Å². The van der Waals surface area contributed by atoms with Gasteiger partial charge in [0.2, 0.25) is 0 Å². The predicted octanol–water partition coefficient (Wildman–Crippen LogP) is 4.33. The smallest absolute Gasteiger partial charge is 0.343 e. The van der Waals surface area contributed by atoms with Crippen LogP contribution in [0.25, 0.3) is 0 Å². The summed E-state index contributed by atoms with van der Waals surface area (Å²) in [5.74, 6) is -0.726. The van der Waals surface area contributed by atoms with Gasteiger partial charge in [-0.25, -0.2) is 0 Å². The van der Waals surface area contributed by atoms with Gasteiger partial charge in [-0.15, -0.1) is 11.3 Å². The average molecular weight is 422 g/mol. The van der Waals surface area contributed by atoms with E-state index in [1.54, 1.807) is 23.5 Å². The van der Waals surface area contributed by atoms with E-state index in [0.29, 0.717) is 6.54 Å². The molecule has 1 heterocycles. The summed E-state index contributed by atoms with van der Waals surface area (Å²) in [4.78, 5) is 28.9. The molecule has 2 aliphatic rings. The van der Waals surface area contributed by atoms with Crippen LogP contribution in [0.3, 0.4) is 0 Å². The highest BCUT2D eigenvalue weighted by molar-refractivity contribution is 7.14. The minimum absolute atomic E-state index is 0.0406. The third-order valence-electron chi connectivity index (χ3n) is 5.22. The molecule has 1 aromatic carbocycles. The zero-order valence-electron chi connectivity index (χ0n) is 15.7. The molecular weight excluding hydrogens is 401 g/mol. The Morgan fingerprint density at radius 1 is 1.14 bits per heavy atom. The van der Waals surface area contributed by atoms with Crippen LogP contribution in [-0.2, 0) is 19.4 Å².